The van der Waals surface area contributed by atoms with Crippen LogP contribution in [0.25, 0.3) is 0 Å². The van der Waals surface area contributed by atoms with Gasteiger partial charge in [-0.2, -0.15) is 11.8 Å². The molecule has 3 heterocycles. The molecule has 2 aliphatic rings. The molecule has 0 saturated carbocycles. The summed E-state index contributed by atoms with van der Waals surface area (Å²) in [5.41, 5.74) is -0.123. The first-order chi connectivity index (χ1) is 11.5. The Balaban J connectivity index is 1.74. The molecule has 1 spiro atoms. The average Bonchev–Trinajstić information content (AvgIpc) is 2.95. The molecule has 24 heavy (non-hydrogen) atoms. The van der Waals surface area contributed by atoms with Gasteiger partial charge in [-0.05, 0) is 38.3 Å². The zero-order chi connectivity index (χ0) is 17.2. The van der Waals surface area contributed by atoms with Crippen molar-refractivity contribution < 1.29 is 14.0 Å². The third kappa shape index (κ3) is 3.47. The maximum absolute atomic E-state index is 12.8. The van der Waals surface area contributed by atoms with Crippen LogP contribution in [-0.4, -0.2) is 66.6 Å². The van der Waals surface area contributed by atoms with Crippen molar-refractivity contribution in [3.05, 3.63) is 23.7 Å². The van der Waals surface area contributed by atoms with Gasteiger partial charge in [0.25, 0.3) is 5.91 Å². The van der Waals surface area contributed by atoms with Crippen LogP contribution in [0.5, 0.6) is 0 Å². The van der Waals surface area contributed by atoms with Crippen molar-refractivity contribution >= 4 is 23.6 Å². The summed E-state index contributed by atoms with van der Waals surface area (Å²) >= 11 is 1.67. The van der Waals surface area contributed by atoms with Crippen molar-refractivity contribution in [2.75, 3.05) is 39.5 Å². The van der Waals surface area contributed by atoms with E-state index in [9.17, 15) is 9.59 Å². The molecular formula is C17H25N3O3S. The number of hydrogen-bond acceptors (Lipinski definition) is 5. The Labute approximate surface area is 146 Å². The van der Waals surface area contributed by atoms with Crippen LogP contribution < -0.4 is 5.32 Å². The molecule has 2 fully saturated rings. The van der Waals surface area contributed by atoms with Crippen LogP contribution in [0, 0.1) is 0 Å². The number of furan rings is 1. The van der Waals surface area contributed by atoms with Crippen LogP contribution in [0.3, 0.4) is 0 Å². The van der Waals surface area contributed by atoms with Gasteiger partial charge in [0.2, 0.25) is 5.91 Å². The van der Waals surface area contributed by atoms with E-state index in [0.29, 0.717) is 31.8 Å². The maximum Gasteiger partial charge on any atom is 0.289 e. The lowest BCUT2D eigenvalue weighted by Gasteiger charge is -2.49. The standard InChI is InChI=1S/C17H25N3O3S/c1-19-9-10-20(12-17(19)6-5-15(21)18-8-7-17)16(22)14-4-3-13(23-14)11-24-2/h3-4H,5-12H2,1-2H3,(H,18,21)/t17-/m1/s1. The van der Waals surface area contributed by atoms with E-state index in [1.54, 1.807) is 17.8 Å². The van der Waals surface area contributed by atoms with Crippen molar-refractivity contribution in [1.29, 1.82) is 0 Å². The molecule has 7 heteroatoms. The molecule has 1 atom stereocenters. The fourth-order valence-electron chi connectivity index (χ4n) is 3.64. The number of piperazine rings is 1. The molecule has 1 N–H and O–H groups in total. The first-order valence-electron chi connectivity index (χ1n) is 8.39. The van der Waals surface area contributed by atoms with Gasteiger partial charge in [-0.3, -0.25) is 14.5 Å². The van der Waals surface area contributed by atoms with Crippen LogP contribution in [0.2, 0.25) is 0 Å². The molecule has 2 aliphatic heterocycles. The van der Waals surface area contributed by atoms with Crippen molar-refractivity contribution in [2.24, 2.45) is 0 Å². The van der Waals surface area contributed by atoms with E-state index in [0.717, 1.165) is 30.9 Å². The van der Waals surface area contributed by atoms with Gasteiger partial charge in [-0.1, -0.05) is 0 Å². The Morgan fingerprint density at radius 1 is 1.38 bits per heavy atom. The highest BCUT2D eigenvalue weighted by atomic mass is 32.2. The van der Waals surface area contributed by atoms with Gasteiger partial charge in [0, 0.05) is 38.1 Å². The molecule has 1 aromatic rings. The summed E-state index contributed by atoms with van der Waals surface area (Å²) in [5, 5.41) is 2.94. The number of amides is 2. The predicted octanol–water partition coefficient (Wildman–Crippen LogP) is 1.57. The lowest BCUT2D eigenvalue weighted by molar-refractivity contribution is -0.121. The molecular weight excluding hydrogens is 326 g/mol. The molecule has 0 unspecified atom stereocenters. The van der Waals surface area contributed by atoms with E-state index in [4.69, 9.17) is 4.42 Å². The number of hydrogen-bond donors (Lipinski definition) is 1. The molecule has 132 valence electrons. The van der Waals surface area contributed by atoms with Gasteiger partial charge in [0.15, 0.2) is 5.76 Å². The summed E-state index contributed by atoms with van der Waals surface area (Å²) in [7, 11) is 2.10. The van der Waals surface area contributed by atoms with E-state index in [2.05, 4.69) is 17.3 Å². The second-order valence-electron chi connectivity index (χ2n) is 6.67. The molecule has 1 aromatic heterocycles. The fraction of sp³-hybridized carbons (Fsp3) is 0.647. The summed E-state index contributed by atoms with van der Waals surface area (Å²) in [4.78, 5) is 28.7. The van der Waals surface area contributed by atoms with Gasteiger partial charge in [-0.25, -0.2) is 0 Å². The van der Waals surface area contributed by atoms with Crippen molar-refractivity contribution in [2.45, 2.75) is 30.6 Å². The highest BCUT2D eigenvalue weighted by Gasteiger charge is 2.42. The Hall–Kier alpha value is -1.47. The number of thioether (sulfide) groups is 1. The monoisotopic (exact) mass is 351 g/mol. The van der Waals surface area contributed by atoms with Crippen molar-refractivity contribution in [1.82, 2.24) is 15.1 Å². The molecule has 2 saturated heterocycles. The van der Waals surface area contributed by atoms with Gasteiger partial charge in [0.05, 0.1) is 5.75 Å². The zero-order valence-corrected chi connectivity index (χ0v) is 15.2. The van der Waals surface area contributed by atoms with Crippen LogP contribution in [-0.2, 0) is 10.5 Å². The quantitative estimate of drug-likeness (QED) is 0.895. The summed E-state index contributed by atoms with van der Waals surface area (Å²) in [6, 6.07) is 3.65. The average molecular weight is 351 g/mol. The Bertz CT molecular complexity index is 618. The van der Waals surface area contributed by atoms with Gasteiger partial charge < -0.3 is 14.6 Å². The Morgan fingerprint density at radius 2 is 2.21 bits per heavy atom. The second-order valence-corrected chi connectivity index (χ2v) is 7.54. The van der Waals surface area contributed by atoms with E-state index in [1.807, 2.05) is 17.2 Å². The minimum Gasteiger partial charge on any atom is -0.455 e. The van der Waals surface area contributed by atoms with E-state index in [1.165, 1.54) is 0 Å². The smallest absolute Gasteiger partial charge is 0.289 e. The Kier molecular flexibility index (Phi) is 5.20. The summed E-state index contributed by atoms with van der Waals surface area (Å²) in [5.74, 6) is 2.09. The van der Waals surface area contributed by atoms with Crippen LogP contribution >= 0.6 is 11.8 Å². The molecule has 3 rings (SSSR count). The normalized spacial score (nSPS) is 25.6. The van der Waals surface area contributed by atoms with E-state index >= 15 is 0 Å². The van der Waals surface area contributed by atoms with Crippen LogP contribution in [0.15, 0.2) is 16.5 Å². The van der Waals surface area contributed by atoms with Gasteiger partial charge >= 0.3 is 0 Å². The van der Waals surface area contributed by atoms with E-state index in [-0.39, 0.29) is 17.4 Å². The third-order valence-electron chi connectivity index (χ3n) is 5.18. The SMILES string of the molecule is CSCc1ccc(C(=O)N2CCN(C)[C@]3(CCNC(=O)CC3)C2)o1. The van der Waals surface area contributed by atoms with Gasteiger partial charge in [0.1, 0.15) is 5.76 Å². The maximum atomic E-state index is 12.8. The number of nitrogens with one attached hydrogen (secondary N) is 1. The molecule has 6 nitrogen and oxygen atoms in total. The lowest BCUT2D eigenvalue weighted by Crippen LogP contribution is -2.62. The summed E-state index contributed by atoms with van der Waals surface area (Å²) in [6.45, 7) is 2.83. The van der Waals surface area contributed by atoms with Crippen molar-refractivity contribution in [3.8, 4) is 0 Å². The lowest BCUT2D eigenvalue weighted by atomic mass is 9.86. The predicted molar refractivity (Wildman–Crippen MR) is 94.1 cm³/mol. The fourth-order valence-corrected chi connectivity index (χ4v) is 4.08. The first-order valence-corrected chi connectivity index (χ1v) is 9.78. The minimum absolute atomic E-state index is 0.0432. The Morgan fingerprint density at radius 3 is 3.00 bits per heavy atom. The zero-order valence-electron chi connectivity index (χ0n) is 14.3. The first kappa shape index (κ1) is 17.4. The third-order valence-corrected chi connectivity index (χ3v) is 5.75. The van der Waals surface area contributed by atoms with Crippen LogP contribution in [0.4, 0.5) is 0 Å². The molecule has 0 aromatic carbocycles. The number of rotatable bonds is 3. The minimum atomic E-state index is -0.123. The topological polar surface area (TPSA) is 65.8 Å². The summed E-state index contributed by atoms with van der Waals surface area (Å²) < 4.78 is 5.69. The van der Waals surface area contributed by atoms with E-state index < -0.39 is 0 Å². The van der Waals surface area contributed by atoms with Crippen molar-refractivity contribution in [3.63, 3.8) is 0 Å². The summed E-state index contributed by atoms with van der Waals surface area (Å²) in [6.07, 6.45) is 4.19. The van der Waals surface area contributed by atoms with Gasteiger partial charge in [-0.15, -0.1) is 0 Å². The van der Waals surface area contributed by atoms with Crippen LogP contribution in [0.1, 0.15) is 35.6 Å². The largest absolute Gasteiger partial charge is 0.455 e. The number of likely N-dealkylation sites (N-methyl/N-ethyl adjacent to an activating group) is 1. The molecule has 0 aliphatic carbocycles. The highest BCUT2D eigenvalue weighted by molar-refractivity contribution is 7.97. The molecule has 2 amide bonds. The number of carbonyl (C=O) groups excluding carboxylic acids is 2. The highest BCUT2D eigenvalue weighted by Crippen LogP contribution is 2.31. The number of carbonyl (C=O) groups is 2. The number of nitrogens with zero attached hydrogens (tertiary/aromatic N) is 2. The second kappa shape index (κ2) is 7.19. The molecule has 0 bridgehead atoms. The molecule has 0 radical (unpaired) electrons.